The van der Waals surface area contributed by atoms with Crippen molar-refractivity contribution in [2.24, 2.45) is 5.92 Å². The summed E-state index contributed by atoms with van der Waals surface area (Å²) in [5.41, 5.74) is 1.29. The third-order valence-corrected chi connectivity index (χ3v) is 4.75. The largest absolute Gasteiger partial charge is 0.314 e. The van der Waals surface area contributed by atoms with Gasteiger partial charge in [-0.1, -0.05) is 27.2 Å². The highest BCUT2D eigenvalue weighted by Gasteiger charge is 2.22. The van der Waals surface area contributed by atoms with Gasteiger partial charge in [0, 0.05) is 12.2 Å². The lowest BCUT2D eigenvalue weighted by Crippen LogP contribution is -2.34. The Kier molecular flexibility index (Phi) is 6.08. The number of hydrogen-bond donors (Lipinski definition) is 1. The Morgan fingerprint density at radius 3 is 2.80 bits per heavy atom. The van der Waals surface area contributed by atoms with E-state index in [4.69, 9.17) is 5.10 Å². The third kappa shape index (κ3) is 4.08. The molecule has 0 aliphatic heterocycles. The van der Waals surface area contributed by atoms with Crippen LogP contribution in [0.1, 0.15) is 71.0 Å². The predicted molar refractivity (Wildman–Crippen MR) is 85.0 cm³/mol. The summed E-state index contributed by atoms with van der Waals surface area (Å²) in [7, 11) is 0. The Bertz CT molecular complexity index is 379. The Morgan fingerprint density at radius 2 is 2.10 bits per heavy atom. The van der Waals surface area contributed by atoms with E-state index in [-0.39, 0.29) is 0 Å². The van der Waals surface area contributed by atoms with E-state index in [1.54, 1.807) is 0 Å². The fraction of sp³-hybridized carbons (Fsp3) is 0.824. The quantitative estimate of drug-likeness (QED) is 0.817. The molecule has 0 bridgehead atoms. The lowest BCUT2D eigenvalue weighted by molar-refractivity contribution is 0.284. The third-order valence-electron chi connectivity index (χ3n) is 4.75. The minimum atomic E-state index is 0.574. The van der Waals surface area contributed by atoms with E-state index >= 15 is 0 Å². The van der Waals surface area contributed by atoms with Crippen LogP contribution in [0.3, 0.4) is 0 Å². The van der Waals surface area contributed by atoms with Crippen LogP contribution in [0, 0.1) is 5.92 Å². The molecule has 0 saturated heterocycles. The molecule has 1 aliphatic carbocycles. The molecule has 1 heterocycles. The Labute approximate surface area is 124 Å². The van der Waals surface area contributed by atoms with Gasteiger partial charge >= 0.3 is 0 Å². The van der Waals surface area contributed by atoms with Gasteiger partial charge in [0.2, 0.25) is 0 Å². The molecule has 1 aliphatic rings. The van der Waals surface area contributed by atoms with Gasteiger partial charge in [0.25, 0.3) is 0 Å². The molecule has 1 aromatic heterocycles. The van der Waals surface area contributed by atoms with Gasteiger partial charge in [0.05, 0.1) is 11.7 Å². The fourth-order valence-corrected chi connectivity index (χ4v) is 3.60. The van der Waals surface area contributed by atoms with E-state index in [9.17, 15) is 0 Å². The Hall–Kier alpha value is -0.830. The molecule has 0 amide bonds. The maximum absolute atomic E-state index is 4.81. The molecular formula is C17H31N3. The number of hydrogen-bond acceptors (Lipinski definition) is 2. The fourth-order valence-electron chi connectivity index (χ4n) is 3.60. The van der Waals surface area contributed by atoms with Crippen molar-refractivity contribution in [2.45, 2.75) is 77.8 Å². The van der Waals surface area contributed by atoms with Crippen LogP contribution in [0.25, 0.3) is 0 Å². The Morgan fingerprint density at radius 1 is 1.30 bits per heavy atom. The van der Waals surface area contributed by atoms with Gasteiger partial charge < -0.3 is 5.32 Å². The predicted octanol–water partition coefficient (Wildman–Crippen LogP) is 3.96. The van der Waals surface area contributed by atoms with Crippen LogP contribution < -0.4 is 5.32 Å². The van der Waals surface area contributed by atoms with Gasteiger partial charge in [-0.2, -0.15) is 5.10 Å². The lowest BCUT2D eigenvalue weighted by Gasteiger charge is -2.29. The zero-order valence-corrected chi connectivity index (χ0v) is 13.4. The van der Waals surface area contributed by atoms with Crippen molar-refractivity contribution in [1.29, 1.82) is 0 Å². The first-order valence-electron chi connectivity index (χ1n) is 8.54. The first kappa shape index (κ1) is 15.6. The zero-order chi connectivity index (χ0) is 14.4. The molecule has 20 heavy (non-hydrogen) atoms. The van der Waals surface area contributed by atoms with Crippen molar-refractivity contribution < 1.29 is 0 Å². The summed E-state index contributed by atoms with van der Waals surface area (Å²) in [6.45, 7) is 7.80. The van der Waals surface area contributed by atoms with Gasteiger partial charge in [0.1, 0.15) is 0 Å². The average molecular weight is 277 g/mol. The maximum atomic E-state index is 4.81. The summed E-state index contributed by atoms with van der Waals surface area (Å²) >= 11 is 0. The van der Waals surface area contributed by atoms with Crippen molar-refractivity contribution in [3.8, 4) is 0 Å². The lowest BCUT2D eigenvalue weighted by atomic mass is 9.83. The molecule has 0 spiro atoms. The highest BCUT2D eigenvalue weighted by Crippen LogP contribution is 2.27. The molecule has 0 radical (unpaired) electrons. The van der Waals surface area contributed by atoms with Crippen LogP contribution in [0.4, 0.5) is 0 Å². The van der Waals surface area contributed by atoms with Gasteiger partial charge in [-0.3, -0.25) is 4.68 Å². The van der Waals surface area contributed by atoms with E-state index in [2.05, 4.69) is 43.0 Å². The summed E-state index contributed by atoms with van der Waals surface area (Å²) in [6, 6.07) is 3.54. The molecule has 1 aromatic rings. The van der Waals surface area contributed by atoms with Crippen molar-refractivity contribution in [3.63, 3.8) is 0 Å². The SMILES string of the molecule is CCNC1CCCC(Cc2ccn(C(CC)CC)n2)C1. The van der Waals surface area contributed by atoms with Gasteiger partial charge in [-0.05, 0) is 57.1 Å². The molecule has 0 aromatic carbocycles. The van der Waals surface area contributed by atoms with Crippen molar-refractivity contribution in [1.82, 2.24) is 15.1 Å². The van der Waals surface area contributed by atoms with E-state index < -0.39 is 0 Å². The monoisotopic (exact) mass is 277 g/mol. The van der Waals surface area contributed by atoms with Crippen LogP contribution in [-0.2, 0) is 6.42 Å². The minimum absolute atomic E-state index is 0.574. The zero-order valence-electron chi connectivity index (χ0n) is 13.4. The van der Waals surface area contributed by atoms with E-state index in [0.29, 0.717) is 6.04 Å². The summed E-state index contributed by atoms with van der Waals surface area (Å²) in [6.07, 6.45) is 11.1. The van der Waals surface area contributed by atoms with Crippen molar-refractivity contribution >= 4 is 0 Å². The summed E-state index contributed by atoms with van der Waals surface area (Å²) in [4.78, 5) is 0. The molecule has 1 fully saturated rings. The number of aromatic nitrogens is 2. The average Bonchev–Trinajstić information content (AvgIpc) is 2.89. The van der Waals surface area contributed by atoms with Crippen LogP contribution in [0.2, 0.25) is 0 Å². The topological polar surface area (TPSA) is 29.9 Å². The van der Waals surface area contributed by atoms with Crippen LogP contribution in [-0.4, -0.2) is 22.4 Å². The summed E-state index contributed by atoms with van der Waals surface area (Å²) in [5.74, 6) is 0.817. The van der Waals surface area contributed by atoms with Gasteiger partial charge in [-0.15, -0.1) is 0 Å². The standard InChI is InChI=1S/C17H31N3/c1-4-17(5-2)20-11-10-16(19-20)13-14-8-7-9-15(12-14)18-6-3/h10-11,14-15,17-18H,4-9,12-13H2,1-3H3. The summed E-state index contributed by atoms with van der Waals surface area (Å²) in [5, 5.41) is 8.43. The Balaban J connectivity index is 1.89. The van der Waals surface area contributed by atoms with Crippen LogP contribution >= 0.6 is 0 Å². The molecule has 1 N–H and O–H groups in total. The molecule has 2 atom stereocenters. The first-order chi connectivity index (χ1) is 9.76. The van der Waals surface area contributed by atoms with E-state index in [1.165, 1.54) is 44.2 Å². The minimum Gasteiger partial charge on any atom is -0.314 e. The molecular weight excluding hydrogens is 246 g/mol. The van der Waals surface area contributed by atoms with Gasteiger partial charge in [-0.25, -0.2) is 0 Å². The van der Waals surface area contributed by atoms with Crippen LogP contribution in [0.15, 0.2) is 12.3 Å². The highest BCUT2D eigenvalue weighted by molar-refractivity contribution is 5.02. The second-order valence-corrected chi connectivity index (χ2v) is 6.25. The van der Waals surface area contributed by atoms with Gasteiger partial charge in [0.15, 0.2) is 0 Å². The molecule has 114 valence electrons. The first-order valence-corrected chi connectivity index (χ1v) is 8.54. The highest BCUT2D eigenvalue weighted by atomic mass is 15.3. The van der Waals surface area contributed by atoms with Crippen molar-refractivity contribution in [3.05, 3.63) is 18.0 Å². The van der Waals surface area contributed by atoms with E-state index in [0.717, 1.165) is 24.9 Å². The van der Waals surface area contributed by atoms with Crippen molar-refractivity contribution in [2.75, 3.05) is 6.54 Å². The second-order valence-electron chi connectivity index (χ2n) is 6.25. The molecule has 2 unspecified atom stereocenters. The number of nitrogens with zero attached hydrogens (tertiary/aromatic N) is 2. The maximum Gasteiger partial charge on any atom is 0.0627 e. The molecule has 2 rings (SSSR count). The number of rotatable bonds is 7. The number of nitrogens with one attached hydrogen (secondary N) is 1. The smallest absolute Gasteiger partial charge is 0.0627 e. The summed E-state index contributed by atoms with van der Waals surface area (Å²) < 4.78 is 2.18. The molecule has 1 saturated carbocycles. The molecule has 3 heteroatoms. The van der Waals surface area contributed by atoms with E-state index in [1.807, 2.05) is 0 Å². The molecule has 3 nitrogen and oxygen atoms in total. The van der Waals surface area contributed by atoms with Crippen LogP contribution in [0.5, 0.6) is 0 Å². The second kappa shape index (κ2) is 7.82. The normalized spacial score (nSPS) is 23.4.